The Kier molecular flexibility index (Phi) is 5.52. The van der Waals surface area contributed by atoms with Gasteiger partial charge in [-0.2, -0.15) is 0 Å². The van der Waals surface area contributed by atoms with E-state index in [2.05, 4.69) is 10.3 Å². The summed E-state index contributed by atoms with van der Waals surface area (Å²) in [5.74, 6) is -0.363. The topological polar surface area (TPSA) is 64.0 Å². The smallest absolute Gasteiger partial charge is 0.258 e. The van der Waals surface area contributed by atoms with Crippen molar-refractivity contribution in [3.8, 4) is 11.1 Å². The van der Waals surface area contributed by atoms with Crippen LogP contribution in [-0.4, -0.2) is 15.5 Å². The Morgan fingerprint density at radius 2 is 1.77 bits per heavy atom. The van der Waals surface area contributed by atoms with Crippen LogP contribution in [0.5, 0.6) is 0 Å². The maximum Gasteiger partial charge on any atom is 0.258 e. The lowest BCUT2D eigenvalue weighted by Crippen LogP contribution is -2.19. The molecule has 0 radical (unpaired) electrons. The fraction of sp³-hybridized carbons (Fsp3) is 0.0455. The van der Waals surface area contributed by atoms with Gasteiger partial charge in [-0.25, -0.2) is 0 Å². The quantitative estimate of drug-likeness (QED) is 0.421. The van der Waals surface area contributed by atoms with E-state index in [0.717, 1.165) is 10.9 Å². The minimum Gasteiger partial charge on any atom is -0.321 e. The molecule has 1 N–H and O–H groups in total. The number of amides is 1. The zero-order chi connectivity index (χ0) is 21.4. The molecule has 30 heavy (non-hydrogen) atoms. The van der Waals surface area contributed by atoms with Crippen LogP contribution in [0, 0.1) is 0 Å². The van der Waals surface area contributed by atoms with Gasteiger partial charge >= 0.3 is 0 Å². The number of carbonyl (C=O) groups is 1. The summed E-state index contributed by atoms with van der Waals surface area (Å²) in [6, 6.07) is 13.1. The van der Waals surface area contributed by atoms with Crippen molar-refractivity contribution in [1.82, 2.24) is 9.55 Å². The monoisotopic (exact) mass is 457 g/mol. The number of hydrogen-bond acceptors (Lipinski definition) is 3. The van der Waals surface area contributed by atoms with E-state index in [4.69, 9.17) is 34.8 Å². The Morgan fingerprint density at radius 1 is 1.03 bits per heavy atom. The van der Waals surface area contributed by atoms with Crippen molar-refractivity contribution in [2.75, 3.05) is 5.32 Å². The SMILES string of the molecule is Cn1c(=O)c(-c2c(Cl)ccc(NC(=O)c3ccc(Cl)cc3)c2Cl)cc2cnccc21. The van der Waals surface area contributed by atoms with E-state index in [0.29, 0.717) is 32.4 Å². The highest BCUT2D eigenvalue weighted by molar-refractivity contribution is 6.41. The predicted octanol–water partition coefficient (Wildman–Crippen LogP) is 5.81. The van der Waals surface area contributed by atoms with Crippen LogP contribution in [0.4, 0.5) is 5.69 Å². The standard InChI is InChI=1S/C22H14Cl3N3O2/c1-28-18-8-9-26-11-13(18)10-15(22(28)30)19-16(24)6-7-17(20(19)25)27-21(29)12-2-4-14(23)5-3-12/h2-11H,1H3,(H,27,29). The number of rotatable bonds is 3. The summed E-state index contributed by atoms with van der Waals surface area (Å²) in [5, 5.41) is 4.52. The fourth-order valence-corrected chi connectivity index (χ4v) is 3.94. The summed E-state index contributed by atoms with van der Waals surface area (Å²) < 4.78 is 1.51. The number of fused-ring (bicyclic) bond motifs is 1. The van der Waals surface area contributed by atoms with E-state index in [-0.39, 0.29) is 16.5 Å². The number of nitrogens with one attached hydrogen (secondary N) is 1. The summed E-state index contributed by atoms with van der Waals surface area (Å²) in [5.41, 5.74) is 1.88. The number of carbonyl (C=O) groups excluding carboxylic acids is 1. The second-order valence-electron chi connectivity index (χ2n) is 6.60. The molecule has 0 fully saturated rings. The lowest BCUT2D eigenvalue weighted by molar-refractivity contribution is 0.102. The van der Waals surface area contributed by atoms with Gasteiger partial charge in [0.05, 0.1) is 26.8 Å². The van der Waals surface area contributed by atoms with E-state index >= 15 is 0 Å². The maximum absolute atomic E-state index is 13.0. The minimum atomic E-state index is -0.363. The van der Waals surface area contributed by atoms with E-state index in [1.807, 2.05) is 0 Å². The molecule has 2 heterocycles. The van der Waals surface area contributed by atoms with Crippen molar-refractivity contribution in [3.63, 3.8) is 0 Å². The number of anilines is 1. The van der Waals surface area contributed by atoms with Gasteiger partial charge in [0.2, 0.25) is 0 Å². The van der Waals surface area contributed by atoms with Gasteiger partial charge in [-0.3, -0.25) is 14.6 Å². The van der Waals surface area contributed by atoms with E-state index in [9.17, 15) is 9.59 Å². The zero-order valence-electron chi connectivity index (χ0n) is 15.6. The molecule has 5 nitrogen and oxygen atoms in total. The number of aryl methyl sites for hydroxylation is 1. The van der Waals surface area contributed by atoms with Crippen molar-refractivity contribution in [1.29, 1.82) is 0 Å². The predicted molar refractivity (Wildman–Crippen MR) is 122 cm³/mol. The van der Waals surface area contributed by atoms with Crippen LogP contribution in [0.3, 0.4) is 0 Å². The molecule has 0 aliphatic carbocycles. The van der Waals surface area contributed by atoms with Gasteiger partial charge in [0, 0.05) is 41.0 Å². The minimum absolute atomic E-state index is 0.171. The molecule has 0 saturated heterocycles. The molecule has 0 spiro atoms. The van der Waals surface area contributed by atoms with Gasteiger partial charge in [-0.15, -0.1) is 0 Å². The van der Waals surface area contributed by atoms with Gasteiger partial charge in [0.15, 0.2) is 0 Å². The first-order valence-electron chi connectivity index (χ1n) is 8.86. The number of aromatic nitrogens is 2. The van der Waals surface area contributed by atoms with Gasteiger partial charge in [0.25, 0.3) is 11.5 Å². The van der Waals surface area contributed by atoms with Crippen molar-refractivity contribution in [2.24, 2.45) is 7.05 Å². The molecule has 4 rings (SSSR count). The number of halogens is 3. The van der Waals surface area contributed by atoms with Crippen LogP contribution in [0.25, 0.3) is 22.0 Å². The lowest BCUT2D eigenvalue weighted by Gasteiger charge is -2.14. The molecule has 0 atom stereocenters. The highest BCUT2D eigenvalue weighted by Crippen LogP contribution is 2.39. The van der Waals surface area contributed by atoms with Crippen molar-refractivity contribution < 1.29 is 4.79 Å². The summed E-state index contributed by atoms with van der Waals surface area (Å²) in [7, 11) is 1.67. The number of benzene rings is 2. The Morgan fingerprint density at radius 3 is 2.50 bits per heavy atom. The Labute approximate surface area is 186 Å². The number of pyridine rings is 2. The second-order valence-corrected chi connectivity index (χ2v) is 7.82. The average Bonchev–Trinajstić information content (AvgIpc) is 2.74. The van der Waals surface area contributed by atoms with E-state index in [1.54, 1.807) is 68.0 Å². The van der Waals surface area contributed by atoms with Gasteiger partial charge in [-0.05, 0) is 48.5 Å². The van der Waals surface area contributed by atoms with Crippen molar-refractivity contribution in [3.05, 3.63) is 91.9 Å². The molecule has 2 aromatic heterocycles. The molecule has 8 heteroatoms. The number of nitrogens with zero attached hydrogens (tertiary/aromatic N) is 2. The maximum atomic E-state index is 13.0. The van der Waals surface area contributed by atoms with Crippen molar-refractivity contribution >= 4 is 57.3 Å². The highest BCUT2D eigenvalue weighted by Gasteiger charge is 2.19. The first-order valence-corrected chi connectivity index (χ1v) is 9.99. The van der Waals surface area contributed by atoms with Gasteiger partial charge < -0.3 is 9.88 Å². The molecule has 150 valence electrons. The molecule has 4 aromatic rings. The average molecular weight is 459 g/mol. The zero-order valence-corrected chi connectivity index (χ0v) is 17.9. The first kappa shape index (κ1) is 20.4. The molecule has 0 aliphatic heterocycles. The highest BCUT2D eigenvalue weighted by atomic mass is 35.5. The van der Waals surface area contributed by atoms with Crippen LogP contribution in [0.1, 0.15) is 10.4 Å². The molecule has 0 aliphatic rings. The van der Waals surface area contributed by atoms with Gasteiger partial charge in [0.1, 0.15) is 0 Å². The lowest BCUT2D eigenvalue weighted by atomic mass is 10.0. The fourth-order valence-electron chi connectivity index (χ4n) is 3.19. The number of hydrogen-bond donors (Lipinski definition) is 1. The van der Waals surface area contributed by atoms with Crippen LogP contribution in [0.15, 0.2) is 65.7 Å². The van der Waals surface area contributed by atoms with Crippen LogP contribution >= 0.6 is 34.8 Å². The summed E-state index contributed by atoms with van der Waals surface area (Å²) >= 11 is 18.9. The van der Waals surface area contributed by atoms with Crippen LogP contribution in [-0.2, 0) is 7.05 Å². The summed E-state index contributed by atoms with van der Waals surface area (Å²) in [6.07, 6.45) is 3.28. The molecule has 2 aromatic carbocycles. The normalized spacial score (nSPS) is 10.9. The van der Waals surface area contributed by atoms with Crippen molar-refractivity contribution in [2.45, 2.75) is 0 Å². The van der Waals surface area contributed by atoms with E-state index in [1.165, 1.54) is 4.57 Å². The summed E-state index contributed by atoms with van der Waals surface area (Å²) in [4.78, 5) is 29.7. The largest absolute Gasteiger partial charge is 0.321 e. The summed E-state index contributed by atoms with van der Waals surface area (Å²) in [6.45, 7) is 0. The molecular weight excluding hydrogens is 445 g/mol. The third-order valence-electron chi connectivity index (χ3n) is 4.74. The Balaban J connectivity index is 1.82. The molecule has 0 bridgehead atoms. The molecular formula is C22H14Cl3N3O2. The van der Waals surface area contributed by atoms with Gasteiger partial charge in [-0.1, -0.05) is 34.8 Å². The third kappa shape index (κ3) is 3.67. The van der Waals surface area contributed by atoms with E-state index < -0.39 is 0 Å². The Hall–Kier alpha value is -2.86. The van der Waals surface area contributed by atoms with Crippen LogP contribution in [0.2, 0.25) is 15.1 Å². The first-order chi connectivity index (χ1) is 14.4. The second kappa shape index (κ2) is 8.11. The molecule has 0 unspecified atom stereocenters. The Bertz CT molecular complexity index is 1350. The van der Waals surface area contributed by atoms with Crippen LogP contribution < -0.4 is 10.9 Å². The molecule has 1 amide bonds. The third-order valence-corrected chi connectivity index (χ3v) is 5.70. The molecule has 0 saturated carbocycles.